The standard InChI is InChI=1S/C25H17F3N2.ClH/c1-15-6-11-19-21(14-30-23(19)12-15)24(16-7-9-17(10-8-16)25(26,27)28)20-13-29-22-5-3-2-4-18(20)22;/h2-14,30H,1H3;1H. The summed E-state index contributed by atoms with van der Waals surface area (Å²) in [5.74, 6) is 0. The number of allylic oxidation sites excluding steroid dienone is 1. The molecular formula is C25H18ClF3N2. The van der Waals surface area contributed by atoms with Crippen molar-refractivity contribution < 1.29 is 30.6 Å². The van der Waals surface area contributed by atoms with Crippen LogP contribution in [0.4, 0.5) is 18.9 Å². The lowest BCUT2D eigenvalue weighted by molar-refractivity contribution is -0.342. The molecular weight excluding hydrogens is 421 g/mol. The molecule has 6 heteroatoms. The first kappa shape index (κ1) is 20.9. The van der Waals surface area contributed by atoms with Crippen LogP contribution in [0, 0.1) is 6.92 Å². The average molecular weight is 439 g/mol. The van der Waals surface area contributed by atoms with Crippen LogP contribution in [0.1, 0.15) is 27.8 Å². The molecule has 0 spiro atoms. The molecule has 5 rings (SSSR count). The smallest absolute Gasteiger partial charge is 0.416 e. The molecule has 156 valence electrons. The topological polar surface area (TPSA) is 29.8 Å². The molecule has 0 radical (unpaired) electrons. The maximum absolute atomic E-state index is 13.1. The Kier molecular flexibility index (Phi) is 5.23. The van der Waals surface area contributed by atoms with E-state index >= 15 is 0 Å². The normalized spacial score (nSPS) is 14.5. The van der Waals surface area contributed by atoms with Gasteiger partial charge in [0.15, 0.2) is 6.21 Å². The summed E-state index contributed by atoms with van der Waals surface area (Å²) in [4.78, 5) is 6.60. The number of hydrogen-bond donors (Lipinski definition) is 2. The number of para-hydroxylation sites is 1. The monoisotopic (exact) mass is 438 g/mol. The maximum atomic E-state index is 13.1. The second kappa shape index (κ2) is 7.75. The quantitative estimate of drug-likeness (QED) is 0.481. The van der Waals surface area contributed by atoms with Crippen molar-refractivity contribution in [2.45, 2.75) is 13.1 Å². The number of H-pyrrole nitrogens is 1. The predicted octanol–water partition coefficient (Wildman–Crippen LogP) is 2.25. The van der Waals surface area contributed by atoms with Gasteiger partial charge in [0.2, 0.25) is 5.69 Å². The number of hydrogen-bond acceptors (Lipinski definition) is 0. The minimum absolute atomic E-state index is 0. The van der Waals surface area contributed by atoms with Crippen LogP contribution in [0.25, 0.3) is 22.0 Å². The second-order valence-corrected chi connectivity index (χ2v) is 7.45. The lowest BCUT2D eigenvalue weighted by Gasteiger charge is -2.12. The van der Waals surface area contributed by atoms with Crippen molar-refractivity contribution in [3.8, 4) is 0 Å². The predicted molar refractivity (Wildman–Crippen MR) is 114 cm³/mol. The Morgan fingerprint density at radius 3 is 2.42 bits per heavy atom. The Labute approximate surface area is 183 Å². The second-order valence-electron chi connectivity index (χ2n) is 7.45. The van der Waals surface area contributed by atoms with Crippen molar-refractivity contribution in [1.29, 1.82) is 0 Å². The molecule has 4 aromatic rings. The highest BCUT2D eigenvalue weighted by Gasteiger charge is 2.31. The van der Waals surface area contributed by atoms with Crippen LogP contribution in [0.15, 0.2) is 72.9 Å². The van der Waals surface area contributed by atoms with Gasteiger partial charge >= 0.3 is 6.18 Å². The Morgan fingerprint density at radius 1 is 0.935 bits per heavy atom. The number of aromatic amines is 1. The molecule has 3 aromatic carbocycles. The minimum atomic E-state index is -4.36. The van der Waals surface area contributed by atoms with Crippen LogP contribution < -0.4 is 17.4 Å². The van der Waals surface area contributed by atoms with Gasteiger partial charge in [-0.3, -0.25) is 0 Å². The number of nitrogens with one attached hydrogen (secondary N) is 2. The number of alkyl halides is 3. The summed E-state index contributed by atoms with van der Waals surface area (Å²) in [5.41, 5.74) is 7.00. The lowest BCUT2D eigenvalue weighted by atomic mass is 9.89. The van der Waals surface area contributed by atoms with Crippen molar-refractivity contribution in [2.24, 2.45) is 0 Å². The van der Waals surface area contributed by atoms with E-state index in [9.17, 15) is 13.2 Å². The lowest BCUT2D eigenvalue weighted by Crippen LogP contribution is -3.00. The number of rotatable bonds is 2. The maximum Gasteiger partial charge on any atom is 0.416 e. The van der Waals surface area contributed by atoms with E-state index in [1.807, 2.05) is 49.7 Å². The SMILES string of the molecule is Cc1ccc2c(C(=C3C=[NH+]c4ccccc43)c3ccc(C(F)(F)F)cc3)c[nH]c2c1.[Cl-]. The summed E-state index contributed by atoms with van der Waals surface area (Å²) in [6.45, 7) is 2.03. The highest BCUT2D eigenvalue weighted by atomic mass is 35.5. The Balaban J connectivity index is 0.00000231. The Bertz CT molecular complexity index is 1330. The third kappa shape index (κ3) is 3.66. The van der Waals surface area contributed by atoms with Crippen LogP contribution in [0.3, 0.4) is 0 Å². The zero-order chi connectivity index (χ0) is 20.9. The molecule has 31 heavy (non-hydrogen) atoms. The number of aryl methyl sites for hydroxylation is 1. The average Bonchev–Trinajstić information content (AvgIpc) is 3.33. The van der Waals surface area contributed by atoms with Gasteiger partial charge in [0.25, 0.3) is 0 Å². The van der Waals surface area contributed by atoms with Crippen LogP contribution in [-0.4, -0.2) is 11.2 Å². The van der Waals surface area contributed by atoms with E-state index in [1.165, 1.54) is 0 Å². The zero-order valence-corrected chi connectivity index (χ0v) is 17.3. The van der Waals surface area contributed by atoms with Gasteiger partial charge in [-0.25, -0.2) is 4.99 Å². The Morgan fingerprint density at radius 2 is 1.68 bits per heavy atom. The molecule has 1 aliphatic rings. The first-order chi connectivity index (χ1) is 14.4. The third-order valence-corrected chi connectivity index (χ3v) is 5.47. The van der Waals surface area contributed by atoms with Crippen LogP contribution >= 0.6 is 0 Å². The van der Waals surface area contributed by atoms with Crippen molar-refractivity contribution in [1.82, 2.24) is 4.98 Å². The highest BCUT2D eigenvalue weighted by molar-refractivity contribution is 6.24. The fourth-order valence-corrected chi connectivity index (χ4v) is 4.01. The summed E-state index contributed by atoms with van der Waals surface area (Å²) in [5, 5.41) is 1.03. The minimum Gasteiger partial charge on any atom is -1.00 e. The van der Waals surface area contributed by atoms with Gasteiger partial charge in [0.1, 0.15) is 0 Å². The zero-order valence-electron chi connectivity index (χ0n) is 16.5. The van der Waals surface area contributed by atoms with Crippen LogP contribution in [-0.2, 0) is 6.18 Å². The molecule has 1 aliphatic heterocycles. The molecule has 2 nitrogen and oxygen atoms in total. The van der Waals surface area contributed by atoms with Crippen molar-refractivity contribution in [3.63, 3.8) is 0 Å². The molecule has 2 heterocycles. The highest BCUT2D eigenvalue weighted by Crippen LogP contribution is 2.38. The number of halogens is 4. The number of benzene rings is 3. The van der Waals surface area contributed by atoms with Gasteiger partial charge in [-0.15, -0.1) is 0 Å². The molecule has 0 amide bonds. The van der Waals surface area contributed by atoms with Gasteiger partial charge in [-0.05, 0) is 42.3 Å². The van der Waals surface area contributed by atoms with Crippen molar-refractivity contribution in [3.05, 3.63) is 101 Å². The van der Waals surface area contributed by atoms with E-state index in [4.69, 9.17) is 0 Å². The fraction of sp³-hybridized carbons (Fsp3) is 0.0800. The number of fused-ring (bicyclic) bond motifs is 2. The van der Waals surface area contributed by atoms with Gasteiger partial charge in [-0.1, -0.05) is 36.4 Å². The van der Waals surface area contributed by atoms with E-state index in [-0.39, 0.29) is 12.4 Å². The van der Waals surface area contributed by atoms with E-state index in [1.54, 1.807) is 12.1 Å². The Hall–Kier alpha value is -3.31. The summed E-state index contributed by atoms with van der Waals surface area (Å²) < 4.78 is 39.3. The van der Waals surface area contributed by atoms with Gasteiger partial charge in [0, 0.05) is 34.3 Å². The number of aromatic nitrogens is 1. The van der Waals surface area contributed by atoms with Gasteiger partial charge in [0.05, 0.1) is 16.7 Å². The molecule has 0 aliphatic carbocycles. The van der Waals surface area contributed by atoms with E-state index in [0.717, 1.165) is 62.1 Å². The summed E-state index contributed by atoms with van der Waals surface area (Å²) in [6, 6.07) is 19.5. The van der Waals surface area contributed by atoms with Crippen LogP contribution in [0.5, 0.6) is 0 Å². The van der Waals surface area contributed by atoms with Crippen molar-refractivity contribution >= 4 is 34.0 Å². The molecule has 0 bridgehead atoms. The molecule has 0 fully saturated rings. The first-order valence-corrected chi connectivity index (χ1v) is 9.61. The molecule has 2 N–H and O–H groups in total. The molecule has 0 unspecified atom stereocenters. The first-order valence-electron chi connectivity index (χ1n) is 9.61. The molecule has 1 aromatic heterocycles. The molecule has 0 saturated heterocycles. The third-order valence-electron chi connectivity index (χ3n) is 5.47. The largest absolute Gasteiger partial charge is 1.00 e. The summed E-state index contributed by atoms with van der Waals surface area (Å²) in [7, 11) is 0. The van der Waals surface area contributed by atoms with Gasteiger partial charge in [-0.2, -0.15) is 13.2 Å². The molecule has 0 saturated carbocycles. The fourth-order valence-electron chi connectivity index (χ4n) is 4.01. The van der Waals surface area contributed by atoms with Gasteiger partial charge < -0.3 is 17.4 Å². The molecule has 0 atom stereocenters. The van der Waals surface area contributed by atoms with Crippen molar-refractivity contribution in [2.75, 3.05) is 0 Å². The van der Waals surface area contributed by atoms with Crippen LogP contribution in [0.2, 0.25) is 0 Å². The summed E-state index contributed by atoms with van der Waals surface area (Å²) in [6.07, 6.45) is -0.513. The van der Waals surface area contributed by atoms with E-state index < -0.39 is 11.7 Å². The van der Waals surface area contributed by atoms with E-state index in [0.29, 0.717) is 0 Å². The summed E-state index contributed by atoms with van der Waals surface area (Å²) >= 11 is 0. The van der Waals surface area contributed by atoms with E-state index in [2.05, 4.69) is 22.1 Å².